The minimum atomic E-state index is -0.768. The molecule has 2 aliphatic rings. The van der Waals surface area contributed by atoms with Crippen LogP contribution >= 0.6 is 34.7 Å². The number of esters is 1. The van der Waals surface area contributed by atoms with Crippen LogP contribution in [0.5, 0.6) is 0 Å². The Morgan fingerprint density at radius 3 is 2.69 bits per heavy atom. The molecule has 166 valence electrons. The molecule has 2 aromatic rings. The number of nitro groups is 1. The fraction of sp³-hybridized carbons (Fsp3) is 0.250. The summed E-state index contributed by atoms with van der Waals surface area (Å²) < 4.78 is 5.29. The average Bonchev–Trinajstić information content (AvgIpc) is 3.28. The minimum Gasteiger partial charge on any atom is -0.456 e. The topological polar surface area (TPSA) is 119 Å². The Kier molecular flexibility index (Phi) is 6.49. The smallest absolute Gasteiger partial charge is 0.356 e. The lowest BCUT2D eigenvalue weighted by Gasteiger charge is -2.49. The quantitative estimate of drug-likeness (QED) is 0.272. The molecule has 0 aliphatic carbocycles. The van der Waals surface area contributed by atoms with E-state index in [1.54, 1.807) is 0 Å². The zero-order valence-electron chi connectivity index (χ0n) is 16.4. The van der Waals surface area contributed by atoms with Crippen LogP contribution in [0, 0.1) is 10.1 Å². The molecule has 0 spiro atoms. The molecule has 9 nitrogen and oxygen atoms in total. The van der Waals surface area contributed by atoms with Crippen molar-refractivity contribution in [1.82, 2.24) is 10.2 Å². The predicted molar refractivity (Wildman–Crippen MR) is 119 cm³/mol. The largest absolute Gasteiger partial charge is 0.456 e. The number of non-ortho nitro benzene ring substituents is 1. The fourth-order valence-corrected chi connectivity index (χ4v) is 5.55. The van der Waals surface area contributed by atoms with Gasteiger partial charge in [-0.2, -0.15) is 0 Å². The van der Waals surface area contributed by atoms with Crippen molar-refractivity contribution in [2.75, 3.05) is 5.75 Å². The number of thiophene rings is 1. The fourth-order valence-electron chi connectivity index (χ4n) is 3.30. The van der Waals surface area contributed by atoms with Gasteiger partial charge in [-0.15, -0.1) is 23.1 Å². The number of benzene rings is 1. The van der Waals surface area contributed by atoms with E-state index in [-0.39, 0.29) is 35.4 Å². The summed E-state index contributed by atoms with van der Waals surface area (Å²) in [7, 11) is 0. The number of ether oxygens (including phenoxy) is 1. The Labute approximate surface area is 195 Å². The molecule has 1 aromatic carbocycles. The first kappa shape index (κ1) is 22.3. The Bertz CT molecular complexity index is 1100. The highest BCUT2D eigenvalue weighted by Crippen LogP contribution is 2.41. The summed E-state index contributed by atoms with van der Waals surface area (Å²) in [6.45, 7) is -0.134. The Hall–Kier alpha value is -2.89. The lowest BCUT2D eigenvalue weighted by molar-refractivity contribution is -0.384. The number of nitro benzene ring substituents is 1. The molecule has 1 saturated heterocycles. The first-order chi connectivity index (χ1) is 15.3. The molecule has 0 saturated carbocycles. The van der Waals surface area contributed by atoms with Gasteiger partial charge in [0.25, 0.3) is 11.6 Å². The van der Waals surface area contributed by atoms with Crippen LogP contribution in [-0.4, -0.2) is 44.8 Å². The number of halogens is 1. The number of rotatable bonds is 7. The third-order valence-corrected chi connectivity index (χ3v) is 7.49. The van der Waals surface area contributed by atoms with E-state index in [9.17, 15) is 24.5 Å². The zero-order chi connectivity index (χ0) is 22.8. The van der Waals surface area contributed by atoms with Gasteiger partial charge in [-0.3, -0.25) is 24.6 Å². The second-order valence-corrected chi connectivity index (χ2v) is 9.56. The van der Waals surface area contributed by atoms with Crippen molar-refractivity contribution in [2.45, 2.75) is 24.4 Å². The molecule has 2 atom stereocenters. The summed E-state index contributed by atoms with van der Waals surface area (Å²) in [4.78, 5) is 50.0. The van der Waals surface area contributed by atoms with Crippen molar-refractivity contribution in [2.24, 2.45) is 0 Å². The molecule has 1 unspecified atom stereocenters. The van der Waals surface area contributed by atoms with Gasteiger partial charge in [0, 0.05) is 22.8 Å². The molecule has 4 rings (SSSR count). The number of thioether (sulfide) groups is 1. The number of fused-ring (bicyclic) bond motifs is 1. The van der Waals surface area contributed by atoms with E-state index in [0.717, 1.165) is 4.88 Å². The van der Waals surface area contributed by atoms with Crippen molar-refractivity contribution in [1.29, 1.82) is 0 Å². The molecule has 1 aromatic heterocycles. The molecule has 2 amide bonds. The number of carbonyl (C=O) groups is 3. The van der Waals surface area contributed by atoms with Crippen LogP contribution < -0.4 is 5.32 Å². The summed E-state index contributed by atoms with van der Waals surface area (Å²) in [5.41, 5.74) is 0.443. The van der Waals surface area contributed by atoms with E-state index in [4.69, 9.17) is 16.3 Å². The summed E-state index contributed by atoms with van der Waals surface area (Å²) in [5.74, 6) is -1.17. The third-order valence-electron chi connectivity index (χ3n) is 4.86. The van der Waals surface area contributed by atoms with Crippen molar-refractivity contribution in [3.05, 3.63) is 73.1 Å². The van der Waals surface area contributed by atoms with Gasteiger partial charge in [0.05, 0.1) is 16.4 Å². The van der Waals surface area contributed by atoms with Gasteiger partial charge < -0.3 is 10.1 Å². The van der Waals surface area contributed by atoms with Crippen LogP contribution in [0.25, 0.3) is 0 Å². The van der Waals surface area contributed by atoms with Gasteiger partial charge in [0.15, 0.2) is 0 Å². The molecular formula is C20H16ClN3O6S2. The highest BCUT2D eigenvalue weighted by Gasteiger charge is 2.54. The highest BCUT2D eigenvalue weighted by atomic mass is 35.5. The summed E-state index contributed by atoms with van der Waals surface area (Å²) >= 11 is 9.04. The van der Waals surface area contributed by atoms with Crippen molar-refractivity contribution in [3.63, 3.8) is 0 Å². The number of amides is 2. The maximum absolute atomic E-state index is 12.7. The number of hydrogen-bond acceptors (Lipinski definition) is 8. The van der Waals surface area contributed by atoms with Crippen LogP contribution in [0.2, 0.25) is 0 Å². The maximum Gasteiger partial charge on any atom is 0.356 e. The molecular weight excluding hydrogens is 478 g/mol. The minimum absolute atomic E-state index is 0.0360. The Balaban J connectivity index is 1.38. The summed E-state index contributed by atoms with van der Waals surface area (Å²) in [6, 6.07) is 8.53. The van der Waals surface area contributed by atoms with Gasteiger partial charge in [0.2, 0.25) is 5.91 Å². The zero-order valence-corrected chi connectivity index (χ0v) is 18.7. The second kappa shape index (κ2) is 9.31. The molecule has 32 heavy (non-hydrogen) atoms. The summed E-state index contributed by atoms with van der Waals surface area (Å²) in [5, 5.41) is 15.1. The molecule has 2 aliphatic heterocycles. The molecule has 0 radical (unpaired) electrons. The van der Waals surface area contributed by atoms with Crippen LogP contribution in [0.15, 0.2) is 52.5 Å². The standard InChI is InChI=1S/C20H16ClN3O6S2/c21-14-10-32-19-16(22-15(25)8-13-2-1-7-31-13)18(26)23(19)17(14)20(27)30-9-11-3-5-12(6-4-11)24(28)29/h1-7,16,19H,8-10H2,(H,22,25)/t16?,19-/m0/s1. The predicted octanol–water partition coefficient (Wildman–Crippen LogP) is 2.79. The van der Waals surface area contributed by atoms with Crippen LogP contribution in [-0.2, 0) is 32.1 Å². The number of β-lactam (4-membered cyclic amide) rings is 1. The summed E-state index contributed by atoms with van der Waals surface area (Å²) in [6.07, 6.45) is 0.180. The van der Waals surface area contributed by atoms with Crippen LogP contribution in [0.1, 0.15) is 10.4 Å². The first-order valence-electron chi connectivity index (χ1n) is 9.40. The number of carbonyl (C=O) groups excluding carboxylic acids is 3. The Morgan fingerprint density at radius 1 is 1.28 bits per heavy atom. The lowest BCUT2D eigenvalue weighted by atomic mass is 10.0. The van der Waals surface area contributed by atoms with Crippen LogP contribution in [0.3, 0.4) is 0 Å². The normalized spacial score (nSPS) is 19.8. The molecule has 1 fully saturated rings. The third kappa shape index (κ3) is 4.50. The molecule has 12 heteroatoms. The average molecular weight is 494 g/mol. The number of nitrogens with zero attached hydrogens (tertiary/aromatic N) is 2. The molecule has 3 heterocycles. The number of nitrogens with one attached hydrogen (secondary N) is 1. The molecule has 0 bridgehead atoms. The second-order valence-electron chi connectivity index (χ2n) is 6.96. The monoisotopic (exact) mass is 493 g/mol. The van der Waals surface area contributed by atoms with E-state index >= 15 is 0 Å². The van der Waals surface area contributed by atoms with Crippen molar-refractivity contribution in [3.8, 4) is 0 Å². The van der Waals surface area contributed by atoms with E-state index in [0.29, 0.717) is 11.3 Å². The van der Waals surface area contributed by atoms with E-state index in [1.807, 2.05) is 17.5 Å². The van der Waals surface area contributed by atoms with E-state index < -0.39 is 28.2 Å². The van der Waals surface area contributed by atoms with Gasteiger partial charge >= 0.3 is 5.97 Å². The van der Waals surface area contributed by atoms with E-state index in [1.165, 1.54) is 52.3 Å². The van der Waals surface area contributed by atoms with Gasteiger partial charge in [-0.1, -0.05) is 17.7 Å². The van der Waals surface area contributed by atoms with Gasteiger partial charge in [-0.05, 0) is 29.1 Å². The van der Waals surface area contributed by atoms with Gasteiger partial charge in [0.1, 0.15) is 23.7 Å². The Morgan fingerprint density at radius 2 is 2.03 bits per heavy atom. The van der Waals surface area contributed by atoms with Gasteiger partial charge in [-0.25, -0.2) is 4.79 Å². The SMILES string of the molecule is O=C(Cc1cccs1)NC1C(=O)N2C(C(=O)OCc3ccc([N+](=O)[O-])cc3)=C(Cl)CS[C@@H]12. The maximum atomic E-state index is 12.7. The highest BCUT2D eigenvalue weighted by molar-refractivity contribution is 8.00. The van der Waals surface area contributed by atoms with Crippen LogP contribution in [0.4, 0.5) is 5.69 Å². The first-order valence-corrected chi connectivity index (χ1v) is 11.7. The van der Waals surface area contributed by atoms with Crippen molar-refractivity contribution < 1.29 is 24.0 Å². The van der Waals surface area contributed by atoms with Crippen molar-refractivity contribution >= 4 is 58.2 Å². The number of hydrogen-bond donors (Lipinski definition) is 1. The molecule has 1 N–H and O–H groups in total. The van der Waals surface area contributed by atoms with E-state index in [2.05, 4.69) is 5.32 Å². The lowest BCUT2D eigenvalue weighted by Crippen LogP contribution is -2.70.